The van der Waals surface area contributed by atoms with Gasteiger partial charge in [-0.2, -0.15) is 0 Å². The van der Waals surface area contributed by atoms with E-state index in [4.69, 9.17) is 5.14 Å². The Balaban J connectivity index is 2.20. The lowest BCUT2D eigenvalue weighted by molar-refractivity contribution is -0.117. The monoisotopic (exact) mass is 288 g/mol. The SMILES string of the molecule is NS(=O)(=O)CC1CC(=O)N(c2ccc(F)cc2O)C1. The van der Waals surface area contributed by atoms with Crippen LogP contribution in [0.25, 0.3) is 0 Å². The number of anilines is 1. The van der Waals surface area contributed by atoms with E-state index in [1.54, 1.807) is 0 Å². The quantitative estimate of drug-likeness (QED) is 0.828. The third kappa shape index (κ3) is 3.21. The fourth-order valence-corrected chi connectivity index (χ4v) is 3.06. The molecule has 1 aliphatic heterocycles. The molecular formula is C11H13FN2O4S. The molecule has 0 aliphatic carbocycles. The maximum absolute atomic E-state index is 12.9. The van der Waals surface area contributed by atoms with Gasteiger partial charge in [0.2, 0.25) is 15.9 Å². The smallest absolute Gasteiger partial charge is 0.227 e. The number of aromatic hydroxyl groups is 1. The number of carbonyl (C=O) groups is 1. The summed E-state index contributed by atoms with van der Waals surface area (Å²) in [5, 5.41) is 14.5. The van der Waals surface area contributed by atoms with E-state index in [1.165, 1.54) is 11.0 Å². The molecule has 1 aliphatic rings. The maximum Gasteiger partial charge on any atom is 0.227 e. The molecule has 0 radical (unpaired) electrons. The molecule has 19 heavy (non-hydrogen) atoms. The first-order chi connectivity index (χ1) is 8.76. The second-order valence-electron chi connectivity index (χ2n) is 4.54. The molecule has 0 bridgehead atoms. The van der Waals surface area contributed by atoms with Gasteiger partial charge in [0.05, 0.1) is 11.4 Å². The Kier molecular flexibility index (Phi) is 3.46. The average molecular weight is 288 g/mol. The van der Waals surface area contributed by atoms with Crippen molar-refractivity contribution >= 4 is 21.6 Å². The van der Waals surface area contributed by atoms with Gasteiger partial charge in [0, 0.05) is 24.9 Å². The highest BCUT2D eigenvalue weighted by Crippen LogP contribution is 2.32. The van der Waals surface area contributed by atoms with Crippen LogP contribution in [0.15, 0.2) is 18.2 Å². The van der Waals surface area contributed by atoms with E-state index in [-0.39, 0.29) is 36.1 Å². The summed E-state index contributed by atoms with van der Waals surface area (Å²) in [4.78, 5) is 13.0. The first kappa shape index (κ1) is 13.8. The molecular weight excluding hydrogens is 275 g/mol. The van der Waals surface area contributed by atoms with Crippen molar-refractivity contribution in [2.24, 2.45) is 11.1 Å². The average Bonchev–Trinajstić information content (AvgIpc) is 2.56. The number of hydrogen-bond donors (Lipinski definition) is 2. The van der Waals surface area contributed by atoms with Gasteiger partial charge < -0.3 is 10.0 Å². The molecule has 0 saturated carbocycles. The van der Waals surface area contributed by atoms with E-state index in [2.05, 4.69) is 0 Å². The van der Waals surface area contributed by atoms with Crippen molar-refractivity contribution in [2.45, 2.75) is 6.42 Å². The molecule has 0 aromatic heterocycles. The van der Waals surface area contributed by atoms with Crippen molar-refractivity contribution in [3.63, 3.8) is 0 Å². The Hall–Kier alpha value is -1.67. The van der Waals surface area contributed by atoms with Crippen molar-refractivity contribution in [3.05, 3.63) is 24.0 Å². The number of benzene rings is 1. The van der Waals surface area contributed by atoms with Crippen LogP contribution in [-0.2, 0) is 14.8 Å². The van der Waals surface area contributed by atoms with Gasteiger partial charge in [-0.25, -0.2) is 17.9 Å². The Morgan fingerprint density at radius 3 is 2.74 bits per heavy atom. The standard InChI is InChI=1S/C11H13FN2O4S/c12-8-1-2-9(10(15)4-8)14-5-7(3-11(14)16)6-19(13,17)18/h1-2,4,7,15H,3,5-6H2,(H2,13,17,18). The normalized spacial score (nSPS) is 20.0. The van der Waals surface area contributed by atoms with Crippen LogP contribution in [0.5, 0.6) is 5.75 Å². The number of primary sulfonamides is 1. The number of phenolic OH excluding ortho intramolecular Hbond substituents is 1. The summed E-state index contributed by atoms with van der Waals surface area (Å²) < 4.78 is 34.9. The van der Waals surface area contributed by atoms with Crippen LogP contribution >= 0.6 is 0 Å². The van der Waals surface area contributed by atoms with Crippen molar-refractivity contribution in [1.29, 1.82) is 0 Å². The highest BCUT2D eigenvalue weighted by Gasteiger charge is 2.33. The van der Waals surface area contributed by atoms with Crippen LogP contribution in [0.2, 0.25) is 0 Å². The predicted molar refractivity (Wildman–Crippen MR) is 66.5 cm³/mol. The lowest BCUT2D eigenvalue weighted by atomic mass is 10.1. The molecule has 0 spiro atoms. The summed E-state index contributed by atoms with van der Waals surface area (Å²) in [6, 6.07) is 3.30. The number of rotatable bonds is 3. The molecule has 1 amide bonds. The van der Waals surface area contributed by atoms with Gasteiger partial charge in [-0.05, 0) is 12.1 Å². The van der Waals surface area contributed by atoms with Crippen molar-refractivity contribution < 1.29 is 22.7 Å². The molecule has 1 aromatic rings. The van der Waals surface area contributed by atoms with Crippen molar-refractivity contribution in [2.75, 3.05) is 17.2 Å². The van der Waals surface area contributed by atoms with Crippen molar-refractivity contribution in [3.8, 4) is 5.75 Å². The van der Waals surface area contributed by atoms with Crippen LogP contribution in [0.1, 0.15) is 6.42 Å². The number of sulfonamides is 1. The third-order valence-corrected chi connectivity index (χ3v) is 3.84. The third-order valence-electron chi connectivity index (χ3n) is 2.90. The number of phenols is 1. The van der Waals surface area contributed by atoms with E-state index < -0.39 is 21.8 Å². The minimum atomic E-state index is -3.65. The molecule has 3 N–H and O–H groups in total. The largest absolute Gasteiger partial charge is 0.506 e. The summed E-state index contributed by atoms with van der Waals surface area (Å²) >= 11 is 0. The molecule has 1 aromatic carbocycles. The van der Waals surface area contributed by atoms with Crippen LogP contribution in [0.3, 0.4) is 0 Å². The molecule has 6 nitrogen and oxygen atoms in total. The highest BCUT2D eigenvalue weighted by atomic mass is 32.2. The number of carbonyl (C=O) groups excluding carboxylic acids is 1. The fourth-order valence-electron chi connectivity index (χ4n) is 2.18. The van der Waals surface area contributed by atoms with Gasteiger partial charge in [-0.1, -0.05) is 0 Å². The lowest BCUT2D eigenvalue weighted by Crippen LogP contribution is -2.27. The van der Waals surface area contributed by atoms with E-state index in [9.17, 15) is 22.7 Å². The van der Waals surface area contributed by atoms with Gasteiger partial charge in [0.25, 0.3) is 0 Å². The molecule has 1 fully saturated rings. The van der Waals surface area contributed by atoms with Crippen molar-refractivity contribution in [1.82, 2.24) is 0 Å². The Bertz CT molecular complexity index is 617. The summed E-state index contributed by atoms with van der Waals surface area (Å²) in [5.74, 6) is -2.02. The van der Waals surface area contributed by atoms with Crippen LogP contribution in [-0.4, -0.2) is 31.7 Å². The Morgan fingerprint density at radius 1 is 1.47 bits per heavy atom. The topological polar surface area (TPSA) is 101 Å². The van der Waals surface area contributed by atoms with Gasteiger partial charge in [0.1, 0.15) is 11.6 Å². The molecule has 8 heteroatoms. The zero-order valence-corrected chi connectivity index (χ0v) is 10.7. The van der Waals surface area contributed by atoms with E-state index in [0.29, 0.717) is 0 Å². The van der Waals surface area contributed by atoms with Crippen LogP contribution in [0, 0.1) is 11.7 Å². The first-order valence-electron chi connectivity index (χ1n) is 5.55. The fraction of sp³-hybridized carbons (Fsp3) is 0.364. The minimum Gasteiger partial charge on any atom is -0.506 e. The van der Waals surface area contributed by atoms with Gasteiger partial charge >= 0.3 is 0 Å². The number of nitrogens with zero attached hydrogens (tertiary/aromatic N) is 1. The summed E-state index contributed by atoms with van der Waals surface area (Å²) in [5.41, 5.74) is 0.170. The Morgan fingerprint density at radius 2 is 2.16 bits per heavy atom. The molecule has 1 atom stereocenters. The minimum absolute atomic E-state index is 0.0350. The zero-order chi connectivity index (χ0) is 14.2. The highest BCUT2D eigenvalue weighted by molar-refractivity contribution is 7.89. The first-order valence-corrected chi connectivity index (χ1v) is 7.27. The van der Waals surface area contributed by atoms with E-state index in [0.717, 1.165) is 12.1 Å². The zero-order valence-electron chi connectivity index (χ0n) is 9.91. The number of hydrogen-bond acceptors (Lipinski definition) is 4. The molecule has 1 heterocycles. The number of amides is 1. The number of halogens is 1. The van der Waals surface area contributed by atoms with Gasteiger partial charge in [-0.3, -0.25) is 4.79 Å². The van der Waals surface area contributed by atoms with E-state index in [1.807, 2.05) is 0 Å². The summed E-state index contributed by atoms with van der Waals surface area (Å²) in [7, 11) is -3.65. The lowest BCUT2D eigenvalue weighted by Gasteiger charge is -2.17. The molecule has 104 valence electrons. The summed E-state index contributed by atoms with van der Waals surface area (Å²) in [6.07, 6.45) is 0.0350. The van der Waals surface area contributed by atoms with Crippen LogP contribution in [0.4, 0.5) is 10.1 Å². The summed E-state index contributed by atoms with van der Waals surface area (Å²) in [6.45, 7) is 0.133. The second-order valence-corrected chi connectivity index (χ2v) is 6.20. The molecule has 2 rings (SSSR count). The Labute approximate surface area is 109 Å². The maximum atomic E-state index is 12.9. The van der Waals surface area contributed by atoms with Gasteiger partial charge in [-0.15, -0.1) is 0 Å². The van der Waals surface area contributed by atoms with Crippen LogP contribution < -0.4 is 10.0 Å². The predicted octanol–water partition coefficient (Wildman–Crippen LogP) is 0.173. The second kappa shape index (κ2) is 4.78. The number of nitrogens with two attached hydrogens (primary N) is 1. The van der Waals surface area contributed by atoms with E-state index >= 15 is 0 Å². The molecule has 1 saturated heterocycles. The molecule has 1 unspecified atom stereocenters. The van der Waals surface area contributed by atoms with Gasteiger partial charge in [0.15, 0.2) is 0 Å².